The molecule has 3 heterocycles. The second kappa shape index (κ2) is 10.0. The number of carbonyl (C=O) groups excluding carboxylic acids is 3. The fraction of sp³-hybridized carbons (Fsp3) is 0.400. The molecule has 0 spiro atoms. The van der Waals surface area contributed by atoms with Crippen molar-refractivity contribution in [2.75, 3.05) is 18.1 Å². The fourth-order valence-corrected chi connectivity index (χ4v) is 10.6. The average molecular weight is 611 g/mol. The van der Waals surface area contributed by atoms with Gasteiger partial charge in [-0.25, -0.2) is 4.79 Å². The molecule has 2 aliphatic heterocycles. The van der Waals surface area contributed by atoms with Crippen LogP contribution in [0.25, 0.3) is 0 Å². The van der Waals surface area contributed by atoms with Crippen LogP contribution in [0.5, 0.6) is 5.75 Å². The van der Waals surface area contributed by atoms with E-state index in [9.17, 15) is 19.2 Å². The Balaban J connectivity index is 1.30. The van der Waals surface area contributed by atoms with E-state index < -0.39 is 11.9 Å². The summed E-state index contributed by atoms with van der Waals surface area (Å²) in [4.78, 5) is 57.6. The summed E-state index contributed by atoms with van der Waals surface area (Å²) in [7, 11) is 0. The number of H-pyrrole nitrogens is 1. The summed E-state index contributed by atoms with van der Waals surface area (Å²) in [6.45, 7) is 3.69. The second-order valence-corrected chi connectivity index (χ2v) is 13.7. The van der Waals surface area contributed by atoms with Crippen molar-refractivity contribution in [2.24, 2.45) is 29.6 Å². The van der Waals surface area contributed by atoms with Crippen molar-refractivity contribution in [3.05, 3.63) is 73.2 Å². The molecule has 2 aliphatic carbocycles. The van der Waals surface area contributed by atoms with Crippen molar-refractivity contribution >= 4 is 58.2 Å². The van der Waals surface area contributed by atoms with Gasteiger partial charge in [0.1, 0.15) is 5.75 Å². The molecule has 2 saturated carbocycles. The number of anilines is 1. The normalized spacial score (nSPS) is 29.3. The molecule has 41 heavy (non-hydrogen) atoms. The molecule has 8 nitrogen and oxygen atoms in total. The molecule has 7 rings (SSSR count). The molecule has 2 aromatic carbocycles. The number of fused-ring (bicyclic) bond motifs is 9. The van der Waals surface area contributed by atoms with Crippen LogP contribution in [-0.2, 0) is 19.1 Å². The smallest absolute Gasteiger partial charge is 0.344 e. The maximum absolute atomic E-state index is 13.9. The molecule has 11 heteroatoms. The standard InChI is InChI=1S/C30H27ClN2O6S2/c1-3-38-20(34)12-39-19-9-6-14(31)10-16(19)21-22-17-11-18(25(22)40-27-26(21)41-30(37)32-27)24-23(17)28(35)33(29(24)36)15-7-4-13(2)5-8-15/h4-10,17-18,21-25H,3,11-12H2,1-2H3,(H,32,37)/t17-,18-,21-,22?,23?,24?,25?/m1/s1. The number of imide groups is 1. The molecule has 0 radical (unpaired) electrons. The largest absolute Gasteiger partial charge is 0.482 e. The first-order chi connectivity index (χ1) is 19.8. The third kappa shape index (κ3) is 4.17. The van der Waals surface area contributed by atoms with Crippen molar-refractivity contribution in [1.29, 1.82) is 0 Å². The maximum Gasteiger partial charge on any atom is 0.344 e. The third-order valence-electron chi connectivity index (χ3n) is 8.97. The lowest BCUT2D eigenvalue weighted by Gasteiger charge is -2.43. The number of amides is 2. The molecular weight excluding hydrogens is 584 g/mol. The van der Waals surface area contributed by atoms with Crippen molar-refractivity contribution < 1.29 is 23.9 Å². The minimum Gasteiger partial charge on any atom is -0.482 e. The zero-order valence-corrected chi connectivity index (χ0v) is 24.7. The van der Waals surface area contributed by atoms with Crippen LogP contribution in [0, 0.1) is 36.5 Å². The Hall–Kier alpha value is -3.08. The number of carbonyl (C=O) groups is 3. The van der Waals surface area contributed by atoms with Gasteiger partial charge in [-0.1, -0.05) is 40.6 Å². The lowest BCUT2D eigenvalue weighted by atomic mass is 9.68. The van der Waals surface area contributed by atoms with Crippen LogP contribution in [-0.4, -0.2) is 41.2 Å². The lowest BCUT2D eigenvalue weighted by Crippen LogP contribution is -2.42. The monoisotopic (exact) mass is 610 g/mol. The van der Waals surface area contributed by atoms with E-state index in [1.807, 2.05) is 37.3 Å². The molecule has 1 saturated heterocycles. The number of nitrogens with zero attached hydrogens (tertiary/aromatic N) is 1. The van der Waals surface area contributed by atoms with E-state index in [4.69, 9.17) is 21.1 Å². The predicted octanol–water partition coefficient (Wildman–Crippen LogP) is 5.02. The maximum atomic E-state index is 13.9. The van der Waals surface area contributed by atoms with E-state index >= 15 is 0 Å². The van der Waals surface area contributed by atoms with Crippen molar-refractivity contribution in [1.82, 2.24) is 4.98 Å². The van der Waals surface area contributed by atoms with Gasteiger partial charge in [0.2, 0.25) is 11.8 Å². The number of aryl methyl sites for hydroxylation is 1. The summed E-state index contributed by atoms with van der Waals surface area (Å²) < 4.78 is 11.0. The molecule has 3 aromatic rings. The van der Waals surface area contributed by atoms with Crippen LogP contribution < -0.4 is 14.5 Å². The summed E-state index contributed by atoms with van der Waals surface area (Å²) in [5.41, 5.74) is 2.44. The van der Waals surface area contributed by atoms with E-state index in [1.54, 1.807) is 30.8 Å². The Bertz CT molecular complexity index is 1630. The summed E-state index contributed by atoms with van der Waals surface area (Å²) in [6, 6.07) is 12.8. The van der Waals surface area contributed by atoms with Gasteiger partial charge < -0.3 is 14.5 Å². The second-order valence-electron chi connectivity index (χ2n) is 11.1. The van der Waals surface area contributed by atoms with Gasteiger partial charge in [0, 0.05) is 26.6 Å². The predicted molar refractivity (Wildman–Crippen MR) is 156 cm³/mol. The molecule has 1 N–H and O–H groups in total. The number of thioether (sulfide) groups is 1. The van der Waals surface area contributed by atoms with Crippen molar-refractivity contribution in [2.45, 2.75) is 36.5 Å². The minimum absolute atomic E-state index is 0.00552. The molecule has 212 valence electrons. The highest BCUT2D eigenvalue weighted by molar-refractivity contribution is 8.00. The molecule has 1 aromatic heterocycles. The summed E-state index contributed by atoms with van der Waals surface area (Å²) in [5, 5.41) is 1.32. The SMILES string of the molecule is CCOC(=O)COc1ccc(Cl)cc1[C@H]1c2sc(=O)[nH]c2SC2C1[C@H]1C[C@@H]2C2C(=O)N(c3ccc(C)cc3)C(=O)C21. The topological polar surface area (TPSA) is 106 Å². The van der Waals surface area contributed by atoms with Gasteiger partial charge in [-0.05, 0) is 68.4 Å². The third-order valence-corrected chi connectivity index (χ3v) is 11.8. The van der Waals surface area contributed by atoms with E-state index in [0.717, 1.165) is 38.8 Å². The number of thiazole rings is 1. The Morgan fingerprint density at radius 3 is 2.54 bits per heavy atom. The van der Waals surface area contributed by atoms with E-state index in [1.165, 1.54) is 4.90 Å². The van der Waals surface area contributed by atoms with Gasteiger partial charge in [-0.3, -0.25) is 19.3 Å². The number of aromatic amines is 1. The number of ether oxygens (including phenoxy) is 2. The lowest BCUT2D eigenvalue weighted by molar-refractivity contribution is -0.145. The van der Waals surface area contributed by atoms with Crippen LogP contribution in [0.1, 0.15) is 35.3 Å². The highest BCUT2D eigenvalue weighted by Crippen LogP contribution is 2.69. The molecular formula is C30H27ClN2O6S2. The first kappa shape index (κ1) is 26.8. The zero-order valence-electron chi connectivity index (χ0n) is 22.3. The summed E-state index contributed by atoms with van der Waals surface area (Å²) >= 11 is 9.29. The van der Waals surface area contributed by atoms with Crippen LogP contribution in [0.3, 0.4) is 0 Å². The van der Waals surface area contributed by atoms with Crippen molar-refractivity contribution in [3.8, 4) is 5.75 Å². The number of esters is 1. The summed E-state index contributed by atoms with van der Waals surface area (Å²) in [6.07, 6.45) is 0.770. The number of hydrogen-bond acceptors (Lipinski definition) is 8. The average Bonchev–Trinajstić information content (AvgIpc) is 3.67. The summed E-state index contributed by atoms with van der Waals surface area (Å²) in [5.74, 6) is -1.44. The quantitative estimate of drug-likeness (QED) is 0.309. The van der Waals surface area contributed by atoms with Crippen LogP contribution in [0.15, 0.2) is 52.3 Å². The first-order valence-electron chi connectivity index (χ1n) is 13.7. The fourth-order valence-electron chi connectivity index (χ4n) is 7.55. The highest BCUT2D eigenvalue weighted by Gasteiger charge is 2.69. The number of halogens is 1. The Morgan fingerprint density at radius 2 is 1.80 bits per heavy atom. The Labute approximate surface area is 249 Å². The van der Waals surface area contributed by atoms with Crippen LogP contribution in [0.4, 0.5) is 5.69 Å². The van der Waals surface area contributed by atoms with Crippen LogP contribution >= 0.6 is 34.7 Å². The highest BCUT2D eigenvalue weighted by atomic mass is 35.5. The minimum atomic E-state index is -0.480. The van der Waals surface area contributed by atoms with Crippen LogP contribution in [0.2, 0.25) is 5.02 Å². The number of benzene rings is 2. The number of nitrogens with one attached hydrogen (secondary N) is 1. The number of aromatic nitrogens is 1. The molecule has 2 bridgehead atoms. The Morgan fingerprint density at radius 1 is 1.07 bits per heavy atom. The molecule has 2 amide bonds. The van der Waals surface area contributed by atoms with Gasteiger partial charge in [0.05, 0.1) is 29.2 Å². The van der Waals surface area contributed by atoms with E-state index in [-0.39, 0.29) is 64.7 Å². The van der Waals surface area contributed by atoms with Gasteiger partial charge in [0.15, 0.2) is 6.61 Å². The Kier molecular flexibility index (Phi) is 6.55. The van der Waals surface area contributed by atoms with E-state index in [2.05, 4.69) is 4.98 Å². The van der Waals surface area contributed by atoms with Gasteiger partial charge in [-0.15, -0.1) is 11.8 Å². The van der Waals surface area contributed by atoms with Gasteiger partial charge in [-0.2, -0.15) is 0 Å². The molecule has 4 unspecified atom stereocenters. The van der Waals surface area contributed by atoms with Gasteiger partial charge >= 0.3 is 10.8 Å². The zero-order chi connectivity index (χ0) is 28.6. The molecule has 4 aliphatic rings. The van der Waals surface area contributed by atoms with Crippen molar-refractivity contribution in [3.63, 3.8) is 0 Å². The molecule has 3 fully saturated rings. The van der Waals surface area contributed by atoms with Gasteiger partial charge in [0.25, 0.3) is 0 Å². The number of rotatable bonds is 6. The van der Waals surface area contributed by atoms with E-state index in [0.29, 0.717) is 16.5 Å². The number of hydrogen-bond donors (Lipinski definition) is 1. The first-order valence-corrected chi connectivity index (χ1v) is 15.8. The molecule has 7 atom stereocenters.